The van der Waals surface area contributed by atoms with Gasteiger partial charge in [0, 0.05) is 0 Å². The molecule has 1 heterocycles. The highest BCUT2D eigenvalue weighted by Gasteiger charge is 2.54. The number of epoxide rings is 1. The van der Waals surface area contributed by atoms with Gasteiger partial charge in [-0.2, -0.15) is 0 Å². The molecular formula is C8H12O. The molecule has 1 aliphatic heterocycles. The van der Waals surface area contributed by atoms with Gasteiger partial charge in [0.25, 0.3) is 0 Å². The second-order valence-electron chi connectivity index (χ2n) is 3.12. The van der Waals surface area contributed by atoms with E-state index in [1.165, 1.54) is 12.8 Å². The number of hydrogen-bond donors (Lipinski definition) is 0. The monoisotopic (exact) mass is 124 g/mol. The largest absolute Gasteiger partial charge is 0.369 e. The van der Waals surface area contributed by atoms with E-state index < -0.39 is 0 Å². The van der Waals surface area contributed by atoms with Crippen molar-refractivity contribution in [3.8, 4) is 0 Å². The molecule has 1 aliphatic carbocycles. The lowest BCUT2D eigenvalue weighted by Crippen LogP contribution is -2.11. The van der Waals surface area contributed by atoms with Gasteiger partial charge < -0.3 is 4.74 Å². The Balaban J connectivity index is 1.96. The lowest BCUT2D eigenvalue weighted by atomic mass is 10.0. The predicted octanol–water partition coefficient (Wildman–Crippen LogP) is 1.74. The Morgan fingerprint density at radius 2 is 2.33 bits per heavy atom. The highest BCUT2D eigenvalue weighted by Crippen LogP contribution is 2.51. The van der Waals surface area contributed by atoms with Crippen LogP contribution >= 0.6 is 0 Å². The van der Waals surface area contributed by atoms with Crippen LogP contribution in [-0.2, 0) is 4.74 Å². The van der Waals surface area contributed by atoms with Crippen LogP contribution in [0.4, 0.5) is 0 Å². The normalized spacial score (nSPS) is 40.4. The summed E-state index contributed by atoms with van der Waals surface area (Å²) in [4.78, 5) is 0. The van der Waals surface area contributed by atoms with Gasteiger partial charge in [-0.05, 0) is 25.2 Å². The van der Waals surface area contributed by atoms with E-state index in [9.17, 15) is 0 Å². The van der Waals surface area contributed by atoms with Gasteiger partial charge in [-0.1, -0.05) is 6.08 Å². The summed E-state index contributed by atoms with van der Waals surface area (Å²) >= 11 is 0. The van der Waals surface area contributed by atoms with E-state index in [1.54, 1.807) is 0 Å². The van der Waals surface area contributed by atoms with Crippen molar-refractivity contribution < 1.29 is 4.74 Å². The molecule has 0 spiro atoms. The highest BCUT2D eigenvalue weighted by molar-refractivity contribution is 5.07. The molecule has 1 saturated heterocycles. The molecule has 9 heavy (non-hydrogen) atoms. The Morgan fingerprint density at radius 3 is 2.67 bits per heavy atom. The quantitative estimate of drug-likeness (QED) is 0.412. The van der Waals surface area contributed by atoms with Gasteiger partial charge in [-0.15, -0.1) is 6.58 Å². The Labute approximate surface area is 55.7 Å². The first-order chi connectivity index (χ1) is 4.37. The van der Waals surface area contributed by atoms with E-state index in [4.69, 9.17) is 4.74 Å². The molecule has 0 aromatic rings. The van der Waals surface area contributed by atoms with Crippen molar-refractivity contribution in [3.05, 3.63) is 12.7 Å². The SMILES string of the molecule is C=CCC1(C2CC2)CO1. The number of rotatable bonds is 3. The Bertz CT molecular complexity index is 132. The van der Waals surface area contributed by atoms with E-state index >= 15 is 0 Å². The first-order valence-electron chi connectivity index (χ1n) is 3.62. The lowest BCUT2D eigenvalue weighted by Gasteiger charge is -2.04. The minimum atomic E-state index is 0.293. The molecule has 2 fully saturated rings. The fourth-order valence-electron chi connectivity index (χ4n) is 1.47. The van der Waals surface area contributed by atoms with Crippen molar-refractivity contribution in [2.45, 2.75) is 24.9 Å². The van der Waals surface area contributed by atoms with E-state index in [1.807, 2.05) is 6.08 Å². The second kappa shape index (κ2) is 1.60. The van der Waals surface area contributed by atoms with Crippen LogP contribution in [-0.4, -0.2) is 12.2 Å². The second-order valence-corrected chi connectivity index (χ2v) is 3.12. The third-order valence-corrected chi connectivity index (χ3v) is 2.33. The van der Waals surface area contributed by atoms with Gasteiger partial charge in [0.1, 0.15) is 0 Å². The van der Waals surface area contributed by atoms with Crippen molar-refractivity contribution in [3.63, 3.8) is 0 Å². The van der Waals surface area contributed by atoms with Gasteiger partial charge in [-0.3, -0.25) is 0 Å². The standard InChI is InChI=1S/C8H12O/c1-2-5-8(6-9-8)7-3-4-7/h2,7H,1,3-6H2. The highest BCUT2D eigenvalue weighted by atomic mass is 16.6. The molecule has 0 bridgehead atoms. The molecule has 1 heteroatoms. The average Bonchev–Trinajstić information content (AvgIpc) is 2.61. The zero-order valence-corrected chi connectivity index (χ0v) is 5.60. The van der Waals surface area contributed by atoms with Crippen LogP contribution in [0.3, 0.4) is 0 Å². The van der Waals surface area contributed by atoms with Crippen LogP contribution < -0.4 is 0 Å². The van der Waals surface area contributed by atoms with Crippen LogP contribution in [0.2, 0.25) is 0 Å². The smallest absolute Gasteiger partial charge is 0.0978 e. The van der Waals surface area contributed by atoms with Crippen molar-refractivity contribution in [2.75, 3.05) is 6.61 Å². The maximum Gasteiger partial charge on any atom is 0.0978 e. The molecular weight excluding hydrogens is 112 g/mol. The van der Waals surface area contributed by atoms with Gasteiger partial charge in [0.05, 0.1) is 12.2 Å². The van der Waals surface area contributed by atoms with Gasteiger partial charge >= 0.3 is 0 Å². The summed E-state index contributed by atoms with van der Waals surface area (Å²) < 4.78 is 5.39. The van der Waals surface area contributed by atoms with Gasteiger partial charge in [0.2, 0.25) is 0 Å². The molecule has 2 aliphatic rings. The maximum absolute atomic E-state index is 5.39. The predicted molar refractivity (Wildman–Crippen MR) is 36.2 cm³/mol. The Hall–Kier alpha value is -0.300. The molecule has 0 aromatic heterocycles. The minimum absolute atomic E-state index is 0.293. The topological polar surface area (TPSA) is 12.5 Å². The van der Waals surface area contributed by atoms with Crippen LogP contribution in [0.25, 0.3) is 0 Å². The summed E-state index contributed by atoms with van der Waals surface area (Å²) in [5.41, 5.74) is 0.293. The number of ether oxygens (including phenoxy) is 1. The van der Waals surface area contributed by atoms with Gasteiger partial charge in [-0.25, -0.2) is 0 Å². The summed E-state index contributed by atoms with van der Waals surface area (Å²) in [5, 5.41) is 0. The van der Waals surface area contributed by atoms with E-state index in [2.05, 4.69) is 6.58 Å². The number of hydrogen-bond acceptors (Lipinski definition) is 1. The average molecular weight is 124 g/mol. The van der Waals surface area contributed by atoms with Crippen LogP contribution in [0, 0.1) is 5.92 Å². The molecule has 1 unspecified atom stereocenters. The van der Waals surface area contributed by atoms with Crippen LogP contribution in [0.1, 0.15) is 19.3 Å². The molecule has 1 nitrogen and oxygen atoms in total. The van der Waals surface area contributed by atoms with Crippen LogP contribution in [0.5, 0.6) is 0 Å². The molecule has 1 saturated carbocycles. The molecule has 0 N–H and O–H groups in total. The fraction of sp³-hybridized carbons (Fsp3) is 0.750. The molecule has 0 amide bonds. The van der Waals surface area contributed by atoms with E-state index in [-0.39, 0.29) is 0 Å². The third kappa shape index (κ3) is 0.799. The van der Waals surface area contributed by atoms with Crippen molar-refractivity contribution in [1.82, 2.24) is 0 Å². The first kappa shape index (κ1) is 5.48. The third-order valence-electron chi connectivity index (χ3n) is 2.33. The summed E-state index contributed by atoms with van der Waals surface area (Å²) in [6.45, 7) is 4.71. The van der Waals surface area contributed by atoms with E-state index in [0.29, 0.717) is 5.60 Å². The molecule has 2 rings (SSSR count). The Morgan fingerprint density at radius 1 is 1.67 bits per heavy atom. The van der Waals surface area contributed by atoms with Crippen molar-refractivity contribution >= 4 is 0 Å². The van der Waals surface area contributed by atoms with Crippen molar-refractivity contribution in [1.29, 1.82) is 0 Å². The molecule has 0 aromatic carbocycles. The molecule has 0 radical (unpaired) electrons. The summed E-state index contributed by atoms with van der Waals surface area (Å²) in [6, 6.07) is 0. The lowest BCUT2D eigenvalue weighted by molar-refractivity contribution is 0.276. The summed E-state index contributed by atoms with van der Waals surface area (Å²) in [5.74, 6) is 0.885. The van der Waals surface area contributed by atoms with Gasteiger partial charge in [0.15, 0.2) is 0 Å². The summed E-state index contributed by atoms with van der Waals surface area (Å²) in [7, 11) is 0. The minimum Gasteiger partial charge on any atom is -0.369 e. The molecule has 1 atom stereocenters. The zero-order chi connectivity index (χ0) is 6.32. The fourth-order valence-corrected chi connectivity index (χ4v) is 1.47. The maximum atomic E-state index is 5.39. The van der Waals surface area contributed by atoms with E-state index in [0.717, 1.165) is 18.9 Å². The summed E-state index contributed by atoms with van der Waals surface area (Å²) in [6.07, 6.45) is 5.81. The zero-order valence-electron chi connectivity index (χ0n) is 5.60. The van der Waals surface area contributed by atoms with Crippen molar-refractivity contribution in [2.24, 2.45) is 5.92 Å². The van der Waals surface area contributed by atoms with Crippen LogP contribution in [0.15, 0.2) is 12.7 Å². The molecule has 50 valence electrons. The Kier molecular flexibility index (Phi) is 0.974. The first-order valence-corrected chi connectivity index (χ1v) is 3.62.